The van der Waals surface area contributed by atoms with E-state index in [1.165, 1.54) is 18.0 Å². The predicted molar refractivity (Wildman–Crippen MR) is 123 cm³/mol. The van der Waals surface area contributed by atoms with Crippen molar-refractivity contribution in [1.29, 1.82) is 0 Å². The molecule has 2 heterocycles. The molecular weight excluding hydrogens is 522 g/mol. The van der Waals surface area contributed by atoms with E-state index < -0.39 is 61.9 Å². The fourth-order valence-electron chi connectivity index (χ4n) is 3.84. The highest BCUT2D eigenvalue weighted by Gasteiger charge is 2.34. The molecule has 2 aromatic rings. The van der Waals surface area contributed by atoms with E-state index in [0.717, 1.165) is 22.9 Å². The Hall–Kier alpha value is -3.46. The van der Waals surface area contributed by atoms with Crippen LogP contribution in [-0.4, -0.2) is 61.3 Å². The summed E-state index contributed by atoms with van der Waals surface area (Å²) >= 11 is 0. The number of likely N-dealkylation sites (tertiary alicyclic amines) is 1. The third kappa shape index (κ3) is 6.46. The molecule has 0 spiro atoms. The number of nitrogens with zero attached hydrogens (tertiary/aromatic N) is 2. The number of anilines is 1. The van der Waals surface area contributed by atoms with Crippen LogP contribution in [0.15, 0.2) is 35.4 Å². The number of aromatic nitrogens is 1. The van der Waals surface area contributed by atoms with Gasteiger partial charge in [0.2, 0.25) is 10.0 Å². The van der Waals surface area contributed by atoms with Crippen LogP contribution in [-0.2, 0) is 32.8 Å². The number of carbonyl (C=O) groups excluding carboxylic acids is 3. The Labute approximate surface area is 210 Å². The number of carbonyl (C=O) groups is 3. The first-order valence-corrected chi connectivity index (χ1v) is 12.7. The second kappa shape index (κ2) is 10.9. The highest BCUT2D eigenvalue weighted by molar-refractivity contribution is 7.89. The van der Waals surface area contributed by atoms with E-state index in [0.29, 0.717) is 6.07 Å². The van der Waals surface area contributed by atoms with Gasteiger partial charge in [-0.05, 0) is 38.0 Å². The first-order valence-electron chi connectivity index (χ1n) is 11.2. The second-order valence-electron chi connectivity index (χ2n) is 8.35. The minimum atomic E-state index is -4.66. The molecule has 3 amide bonds. The van der Waals surface area contributed by atoms with Crippen LogP contribution in [0.4, 0.5) is 23.2 Å². The third-order valence-corrected chi connectivity index (χ3v) is 7.18. The number of amides is 3. The maximum atomic E-state index is 15.1. The summed E-state index contributed by atoms with van der Waals surface area (Å²) in [6.45, 7) is 2.15. The van der Waals surface area contributed by atoms with Crippen LogP contribution in [0.5, 0.6) is 0 Å². The van der Waals surface area contributed by atoms with Gasteiger partial charge in [-0.2, -0.15) is 13.2 Å². The summed E-state index contributed by atoms with van der Waals surface area (Å²) in [7, 11) is -3.23. The number of halogens is 4. The molecule has 3 N–H and O–H groups in total. The number of piperidine rings is 1. The maximum Gasteiger partial charge on any atom is 0.416 e. The molecule has 0 unspecified atom stereocenters. The zero-order valence-electron chi connectivity index (χ0n) is 19.9. The van der Waals surface area contributed by atoms with Crippen molar-refractivity contribution in [3.63, 3.8) is 0 Å². The number of likely N-dealkylation sites (N-methyl/N-ethyl adjacent to an activating group) is 1. The lowest BCUT2D eigenvalue weighted by Crippen LogP contribution is -2.50. The highest BCUT2D eigenvalue weighted by atomic mass is 32.2. The monoisotopic (exact) mass is 547 g/mol. The number of hydrogen-bond donors (Lipinski definition) is 3. The number of alkyl halides is 3. The van der Waals surface area contributed by atoms with Crippen LogP contribution in [0.2, 0.25) is 0 Å². The standard InChI is InChI=1S/C22H25F4N5O5S/c1-3-27-20(33)21(34)31-9-7-14(8-10-31)29-37(35,36)16-12-30(2)18(17(16)23)19(32)28-15-6-4-5-13(11-15)22(24,25)26/h4-6,11-12,14,29H,3,7-10H2,1-2H3,(H,27,33)(H,28,32). The molecule has 3 rings (SSSR count). The number of rotatable bonds is 6. The summed E-state index contributed by atoms with van der Waals surface area (Å²) in [5.74, 6) is -4.00. The van der Waals surface area contributed by atoms with Gasteiger partial charge in [0.05, 0.1) is 5.56 Å². The Morgan fingerprint density at radius 3 is 2.38 bits per heavy atom. The van der Waals surface area contributed by atoms with Gasteiger partial charge in [0.25, 0.3) is 5.91 Å². The van der Waals surface area contributed by atoms with Crippen LogP contribution in [0.25, 0.3) is 0 Å². The van der Waals surface area contributed by atoms with Gasteiger partial charge in [-0.25, -0.2) is 17.5 Å². The molecule has 1 fully saturated rings. The topological polar surface area (TPSA) is 130 Å². The molecule has 0 aliphatic carbocycles. The van der Waals surface area contributed by atoms with E-state index in [1.54, 1.807) is 6.92 Å². The van der Waals surface area contributed by atoms with E-state index >= 15 is 4.39 Å². The van der Waals surface area contributed by atoms with Gasteiger partial charge in [-0.15, -0.1) is 0 Å². The van der Waals surface area contributed by atoms with Crippen molar-refractivity contribution in [2.45, 2.75) is 36.9 Å². The number of nitrogens with one attached hydrogen (secondary N) is 3. The molecule has 1 saturated heterocycles. The normalized spacial score (nSPS) is 14.9. The molecule has 15 heteroatoms. The molecule has 0 saturated carbocycles. The Morgan fingerprint density at radius 2 is 1.78 bits per heavy atom. The van der Waals surface area contributed by atoms with Crippen molar-refractivity contribution in [2.24, 2.45) is 7.05 Å². The van der Waals surface area contributed by atoms with Gasteiger partial charge in [-0.3, -0.25) is 14.4 Å². The number of aryl methyl sites for hydroxylation is 1. The van der Waals surface area contributed by atoms with Crippen molar-refractivity contribution >= 4 is 33.4 Å². The summed E-state index contributed by atoms with van der Waals surface area (Å²) in [4.78, 5) is 36.9. The maximum absolute atomic E-state index is 15.1. The number of sulfonamides is 1. The quantitative estimate of drug-likeness (QED) is 0.376. The molecule has 1 aromatic heterocycles. The second-order valence-corrected chi connectivity index (χ2v) is 10.0. The van der Waals surface area contributed by atoms with Gasteiger partial charge >= 0.3 is 18.0 Å². The number of benzene rings is 1. The third-order valence-electron chi connectivity index (χ3n) is 5.68. The Bertz CT molecular complexity index is 1300. The van der Waals surface area contributed by atoms with E-state index in [1.807, 2.05) is 0 Å². The fraction of sp³-hybridized carbons (Fsp3) is 0.409. The summed E-state index contributed by atoms with van der Waals surface area (Å²) in [5, 5.41) is 4.54. The van der Waals surface area contributed by atoms with Crippen LogP contribution < -0.4 is 15.4 Å². The molecule has 0 bridgehead atoms. The lowest BCUT2D eigenvalue weighted by Gasteiger charge is -2.31. The van der Waals surface area contributed by atoms with Gasteiger partial charge in [-0.1, -0.05) is 6.07 Å². The van der Waals surface area contributed by atoms with E-state index in [4.69, 9.17) is 0 Å². The summed E-state index contributed by atoms with van der Waals surface area (Å²) < 4.78 is 82.9. The zero-order chi connectivity index (χ0) is 27.5. The average Bonchev–Trinajstić information content (AvgIpc) is 3.13. The fourth-order valence-corrected chi connectivity index (χ4v) is 5.27. The number of hydrogen-bond acceptors (Lipinski definition) is 5. The van der Waals surface area contributed by atoms with Crippen LogP contribution in [0.3, 0.4) is 0 Å². The van der Waals surface area contributed by atoms with Gasteiger partial charge in [0.15, 0.2) is 5.82 Å². The minimum absolute atomic E-state index is 0.102. The van der Waals surface area contributed by atoms with Crippen molar-refractivity contribution in [3.8, 4) is 0 Å². The molecule has 37 heavy (non-hydrogen) atoms. The van der Waals surface area contributed by atoms with Crippen LogP contribution in [0.1, 0.15) is 35.8 Å². The van der Waals surface area contributed by atoms with Crippen molar-refractivity contribution in [3.05, 3.63) is 47.5 Å². The van der Waals surface area contributed by atoms with Crippen LogP contribution in [0, 0.1) is 5.82 Å². The zero-order valence-corrected chi connectivity index (χ0v) is 20.7. The molecule has 1 aliphatic heterocycles. The molecule has 10 nitrogen and oxygen atoms in total. The van der Waals surface area contributed by atoms with Crippen molar-refractivity contribution in [1.82, 2.24) is 19.5 Å². The average molecular weight is 548 g/mol. The molecular formula is C22H25F4N5O5S. The van der Waals surface area contributed by atoms with E-state index in [-0.39, 0.29) is 38.2 Å². The van der Waals surface area contributed by atoms with Gasteiger partial charge in [0.1, 0.15) is 10.6 Å². The Balaban J connectivity index is 1.71. The van der Waals surface area contributed by atoms with Crippen LogP contribution >= 0.6 is 0 Å². The first-order chi connectivity index (χ1) is 17.2. The van der Waals surface area contributed by atoms with Crippen molar-refractivity contribution < 1.29 is 40.4 Å². The molecule has 1 aliphatic rings. The lowest BCUT2D eigenvalue weighted by molar-refractivity contribution is -0.146. The Morgan fingerprint density at radius 1 is 1.14 bits per heavy atom. The molecule has 0 radical (unpaired) electrons. The first kappa shape index (κ1) is 28.1. The molecule has 0 atom stereocenters. The van der Waals surface area contributed by atoms with Crippen molar-refractivity contribution in [2.75, 3.05) is 25.0 Å². The SMILES string of the molecule is CCNC(=O)C(=O)N1CCC(NS(=O)(=O)c2cn(C)c(C(=O)Nc3cccc(C(F)(F)F)c3)c2F)CC1. The summed E-state index contributed by atoms with van der Waals surface area (Å²) in [5.41, 5.74) is -1.97. The minimum Gasteiger partial charge on any atom is -0.348 e. The molecule has 1 aromatic carbocycles. The largest absolute Gasteiger partial charge is 0.416 e. The van der Waals surface area contributed by atoms with E-state index in [9.17, 15) is 36.0 Å². The smallest absolute Gasteiger partial charge is 0.348 e. The highest BCUT2D eigenvalue weighted by Crippen LogP contribution is 2.31. The lowest BCUT2D eigenvalue weighted by atomic mass is 10.1. The predicted octanol–water partition coefficient (Wildman–Crippen LogP) is 1.84. The summed E-state index contributed by atoms with van der Waals surface area (Å²) in [6.07, 6.45) is -3.44. The van der Waals surface area contributed by atoms with Gasteiger partial charge in [0, 0.05) is 44.6 Å². The van der Waals surface area contributed by atoms with Gasteiger partial charge < -0.3 is 20.1 Å². The Kier molecular flexibility index (Phi) is 8.27. The summed E-state index contributed by atoms with van der Waals surface area (Å²) in [6, 6.07) is 3.05. The van der Waals surface area contributed by atoms with E-state index in [2.05, 4.69) is 15.4 Å². The molecule has 202 valence electrons.